The summed E-state index contributed by atoms with van der Waals surface area (Å²) in [7, 11) is 0. The van der Waals surface area contributed by atoms with E-state index < -0.39 is 0 Å². The average Bonchev–Trinajstić information content (AvgIpc) is 2.79. The number of rotatable bonds is 3. The van der Waals surface area contributed by atoms with Gasteiger partial charge in [-0.15, -0.1) is 0 Å². The smallest absolute Gasteiger partial charge is 0.0207 e. The predicted molar refractivity (Wildman–Crippen MR) is 66.0 cm³/mol. The van der Waals surface area contributed by atoms with Gasteiger partial charge in [-0.05, 0) is 50.5 Å². The highest BCUT2D eigenvalue weighted by Crippen LogP contribution is 2.42. The summed E-state index contributed by atoms with van der Waals surface area (Å²) in [4.78, 5) is 0. The van der Waals surface area contributed by atoms with Gasteiger partial charge in [0.1, 0.15) is 0 Å². The van der Waals surface area contributed by atoms with Crippen LogP contribution in [0.25, 0.3) is 0 Å². The van der Waals surface area contributed by atoms with Gasteiger partial charge in [0.25, 0.3) is 0 Å². The van der Waals surface area contributed by atoms with Crippen LogP contribution in [-0.4, -0.2) is 12.1 Å². The molecule has 0 aromatic heterocycles. The standard InChI is InChI=1S/C14H27N/c1-3-12-7-5-8-13(11-12)14(4-2)9-6-10-15-14/h12-13,15H,3-11H2,1-2H3. The van der Waals surface area contributed by atoms with Crippen molar-refractivity contribution in [3.8, 4) is 0 Å². The van der Waals surface area contributed by atoms with Gasteiger partial charge < -0.3 is 5.32 Å². The van der Waals surface area contributed by atoms with Crippen molar-refractivity contribution < 1.29 is 0 Å². The molecule has 0 radical (unpaired) electrons. The van der Waals surface area contributed by atoms with Gasteiger partial charge in [-0.2, -0.15) is 0 Å². The van der Waals surface area contributed by atoms with Crippen LogP contribution in [-0.2, 0) is 0 Å². The molecule has 1 saturated carbocycles. The molecule has 88 valence electrons. The van der Waals surface area contributed by atoms with Crippen molar-refractivity contribution in [2.24, 2.45) is 11.8 Å². The summed E-state index contributed by atoms with van der Waals surface area (Å²) in [5, 5.41) is 3.83. The van der Waals surface area contributed by atoms with E-state index in [1.54, 1.807) is 0 Å². The van der Waals surface area contributed by atoms with Gasteiger partial charge in [-0.25, -0.2) is 0 Å². The Kier molecular flexibility index (Phi) is 3.71. The lowest BCUT2D eigenvalue weighted by Gasteiger charge is -2.42. The second-order valence-electron chi connectivity index (χ2n) is 5.68. The number of hydrogen-bond donors (Lipinski definition) is 1. The Hall–Kier alpha value is -0.0400. The van der Waals surface area contributed by atoms with Gasteiger partial charge in [0.15, 0.2) is 0 Å². The fourth-order valence-electron chi connectivity index (χ4n) is 3.93. The largest absolute Gasteiger partial charge is 0.311 e. The summed E-state index contributed by atoms with van der Waals surface area (Å²) in [6.07, 6.45) is 11.5. The Morgan fingerprint density at radius 2 is 2.07 bits per heavy atom. The van der Waals surface area contributed by atoms with E-state index in [0.29, 0.717) is 5.54 Å². The molecule has 3 atom stereocenters. The van der Waals surface area contributed by atoms with Crippen LogP contribution < -0.4 is 5.32 Å². The van der Waals surface area contributed by atoms with Crippen LogP contribution in [0.1, 0.15) is 65.2 Å². The lowest BCUT2D eigenvalue weighted by Crippen LogP contribution is -2.47. The molecule has 1 N–H and O–H groups in total. The lowest BCUT2D eigenvalue weighted by molar-refractivity contribution is 0.139. The minimum atomic E-state index is 0.536. The van der Waals surface area contributed by atoms with Crippen LogP contribution >= 0.6 is 0 Å². The van der Waals surface area contributed by atoms with Crippen molar-refractivity contribution >= 4 is 0 Å². The third-order valence-electron chi connectivity index (χ3n) is 5.05. The van der Waals surface area contributed by atoms with Crippen LogP contribution in [0.5, 0.6) is 0 Å². The molecule has 3 unspecified atom stereocenters. The Labute approximate surface area is 95.0 Å². The highest BCUT2D eigenvalue weighted by Gasteiger charge is 2.40. The first-order chi connectivity index (χ1) is 7.30. The van der Waals surface area contributed by atoms with Gasteiger partial charge in [0, 0.05) is 5.54 Å². The highest BCUT2D eigenvalue weighted by molar-refractivity contribution is 4.99. The minimum absolute atomic E-state index is 0.536. The molecule has 0 aromatic carbocycles. The van der Waals surface area contributed by atoms with Gasteiger partial charge in [-0.1, -0.05) is 33.1 Å². The van der Waals surface area contributed by atoms with Crippen molar-refractivity contribution in [1.82, 2.24) is 5.32 Å². The zero-order valence-corrected chi connectivity index (χ0v) is 10.5. The van der Waals surface area contributed by atoms with E-state index in [4.69, 9.17) is 0 Å². The predicted octanol–water partition coefficient (Wildman–Crippen LogP) is 3.74. The van der Waals surface area contributed by atoms with Crippen molar-refractivity contribution in [2.45, 2.75) is 70.8 Å². The molecule has 1 heterocycles. The molecule has 15 heavy (non-hydrogen) atoms. The molecule has 1 heteroatoms. The van der Waals surface area contributed by atoms with E-state index in [1.807, 2.05) is 0 Å². The molecule has 1 saturated heterocycles. The highest BCUT2D eigenvalue weighted by atomic mass is 15.0. The summed E-state index contributed by atoms with van der Waals surface area (Å²) in [5.41, 5.74) is 0.536. The van der Waals surface area contributed by atoms with Gasteiger partial charge >= 0.3 is 0 Å². The Balaban J connectivity index is 2.01. The van der Waals surface area contributed by atoms with Crippen LogP contribution in [0.3, 0.4) is 0 Å². The maximum atomic E-state index is 3.83. The molecule has 1 aliphatic heterocycles. The molecule has 1 aliphatic carbocycles. The van der Waals surface area contributed by atoms with Crippen molar-refractivity contribution in [3.05, 3.63) is 0 Å². The van der Waals surface area contributed by atoms with Gasteiger partial charge in [0.2, 0.25) is 0 Å². The van der Waals surface area contributed by atoms with Crippen LogP contribution in [0.2, 0.25) is 0 Å². The summed E-state index contributed by atoms with van der Waals surface area (Å²) in [6, 6.07) is 0. The lowest BCUT2D eigenvalue weighted by atomic mass is 9.69. The van der Waals surface area contributed by atoms with Crippen LogP contribution in [0.15, 0.2) is 0 Å². The van der Waals surface area contributed by atoms with Gasteiger partial charge in [0.05, 0.1) is 0 Å². The Morgan fingerprint density at radius 1 is 1.20 bits per heavy atom. The van der Waals surface area contributed by atoms with Crippen molar-refractivity contribution in [3.63, 3.8) is 0 Å². The SMILES string of the molecule is CCC1CCCC(C2(CC)CCCN2)C1. The number of hydrogen-bond acceptors (Lipinski definition) is 1. The average molecular weight is 209 g/mol. The minimum Gasteiger partial charge on any atom is -0.311 e. The first kappa shape index (κ1) is 11.4. The molecule has 0 aromatic rings. The molecule has 2 rings (SSSR count). The van der Waals surface area contributed by atoms with E-state index in [9.17, 15) is 0 Å². The fourth-order valence-corrected chi connectivity index (χ4v) is 3.93. The second-order valence-corrected chi connectivity index (χ2v) is 5.68. The topological polar surface area (TPSA) is 12.0 Å². The van der Waals surface area contributed by atoms with Crippen molar-refractivity contribution in [1.29, 1.82) is 0 Å². The molecule has 0 amide bonds. The Bertz CT molecular complexity index is 194. The summed E-state index contributed by atoms with van der Waals surface area (Å²) in [5.74, 6) is 2.00. The van der Waals surface area contributed by atoms with E-state index >= 15 is 0 Å². The molecule has 2 fully saturated rings. The molecular weight excluding hydrogens is 182 g/mol. The zero-order valence-electron chi connectivity index (χ0n) is 10.5. The van der Waals surface area contributed by atoms with E-state index in [0.717, 1.165) is 11.8 Å². The van der Waals surface area contributed by atoms with E-state index in [2.05, 4.69) is 19.2 Å². The number of nitrogens with one attached hydrogen (secondary N) is 1. The molecular formula is C14H27N. The molecule has 1 nitrogen and oxygen atoms in total. The third kappa shape index (κ3) is 2.22. The zero-order chi connectivity index (χ0) is 10.7. The second kappa shape index (κ2) is 4.86. The summed E-state index contributed by atoms with van der Waals surface area (Å²) in [6.45, 7) is 6.02. The maximum Gasteiger partial charge on any atom is 0.0207 e. The normalized spacial score (nSPS) is 42.0. The van der Waals surface area contributed by atoms with E-state index in [1.165, 1.54) is 57.9 Å². The quantitative estimate of drug-likeness (QED) is 0.746. The summed E-state index contributed by atoms with van der Waals surface area (Å²) < 4.78 is 0. The van der Waals surface area contributed by atoms with E-state index in [-0.39, 0.29) is 0 Å². The monoisotopic (exact) mass is 209 g/mol. The molecule has 2 aliphatic rings. The Morgan fingerprint density at radius 3 is 2.67 bits per heavy atom. The summed E-state index contributed by atoms with van der Waals surface area (Å²) >= 11 is 0. The first-order valence-corrected chi connectivity index (χ1v) is 7.05. The van der Waals surface area contributed by atoms with Crippen LogP contribution in [0, 0.1) is 11.8 Å². The molecule has 0 spiro atoms. The molecule has 0 bridgehead atoms. The fraction of sp³-hybridized carbons (Fsp3) is 1.00. The third-order valence-corrected chi connectivity index (χ3v) is 5.05. The van der Waals surface area contributed by atoms with Crippen LogP contribution in [0.4, 0.5) is 0 Å². The first-order valence-electron chi connectivity index (χ1n) is 7.05. The van der Waals surface area contributed by atoms with Crippen molar-refractivity contribution in [2.75, 3.05) is 6.54 Å². The van der Waals surface area contributed by atoms with Gasteiger partial charge in [-0.3, -0.25) is 0 Å². The maximum absolute atomic E-state index is 3.83.